The first kappa shape index (κ1) is 23.7. The number of sulfonamides is 1. The topological polar surface area (TPSA) is 66.5 Å². The quantitative estimate of drug-likeness (QED) is 0.404. The lowest BCUT2D eigenvalue weighted by atomic mass is 10.1. The second-order valence-corrected chi connectivity index (χ2v) is 10.1. The van der Waals surface area contributed by atoms with E-state index in [4.69, 9.17) is 46.4 Å². The molecule has 3 rings (SSSR count). The van der Waals surface area contributed by atoms with E-state index in [-0.39, 0.29) is 22.3 Å². The Hall–Kier alpha value is -1.96. The molecule has 0 aromatic heterocycles. The van der Waals surface area contributed by atoms with Crippen LogP contribution in [0.4, 0.5) is 11.4 Å². The number of carbonyl (C=O) groups excluding carboxylic acids is 1. The Kier molecular flexibility index (Phi) is 7.39. The van der Waals surface area contributed by atoms with Crippen LogP contribution in [0.3, 0.4) is 0 Å². The molecule has 3 aromatic rings. The van der Waals surface area contributed by atoms with Crippen molar-refractivity contribution in [1.29, 1.82) is 0 Å². The summed E-state index contributed by atoms with van der Waals surface area (Å²) in [6, 6.07) is 16.1. The van der Waals surface area contributed by atoms with Crippen LogP contribution in [-0.2, 0) is 16.6 Å². The SMILES string of the molecule is CS(=O)(=O)N(Cc1ccc(C(=O)Nc2c(Cl)cccc2Cl)cc1)c1cccc(Cl)c1Cl. The monoisotopic (exact) mass is 516 g/mol. The molecule has 0 unspecified atom stereocenters. The molecule has 31 heavy (non-hydrogen) atoms. The maximum absolute atomic E-state index is 12.5. The Morgan fingerprint density at radius 2 is 1.42 bits per heavy atom. The number of nitrogens with zero attached hydrogens (tertiary/aromatic N) is 1. The summed E-state index contributed by atoms with van der Waals surface area (Å²) in [5, 5.41) is 3.70. The van der Waals surface area contributed by atoms with Gasteiger partial charge in [0.1, 0.15) is 0 Å². The first-order chi connectivity index (χ1) is 14.6. The smallest absolute Gasteiger partial charge is 0.255 e. The predicted molar refractivity (Wildman–Crippen MR) is 128 cm³/mol. The molecule has 0 fully saturated rings. The molecule has 0 saturated carbocycles. The number of hydrogen-bond donors (Lipinski definition) is 1. The van der Waals surface area contributed by atoms with Gasteiger partial charge < -0.3 is 5.32 Å². The number of nitrogens with one attached hydrogen (secondary N) is 1. The molecule has 0 heterocycles. The Morgan fingerprint density at radius 3 is 2.00 bits per heavy atom. The molecule has 0 aliphatic carbocycles. The van der Waals surface area contributed by atoms with Crippen LogP contribution in [0.2, 0.25) is 20.1 Å². The number of carbonyl (C=O) groups is 1. The van der Waals surface area contributed by atoms with Crippen molar-refractivity contribution >= 4 is 73.7 Å². The Balaban J connectivity index is 1.83. The fourth-order valence-electron chi connectivity index (χ4n) is 2.80. The van der Waals surface area contributed by atoms with Crippen molar-refractivity contribution in [3.63, 3.8) is 0 Å². The highest BCUT2D eigenvalue weighted by Crippen LogP contribution is 2.34. The van der Waals surface area contributed by atoms with Gasteiger partial charge in [-0.25, -0.2) is 8.42 Å². The van der Waals surface area contributed by atoms with Crippen LogP contribution in [0.15, 0.2) is 60.7 Å². The molecular weight excluding hydrogens is 502 g/mol. The number of amides is 1. The fourth-order valence-corrected chi connectivity index (χ4v) is 4.63. The number of benzene rings is 3. The Labute approximate surface area is 200 Å². The summed E-state index contributed by atoms with van der Waals surface area (Å²) >= 11 is 24.4. The van der Waals surface area contributed by atoms with Crippen LogP contribution in [0.1, 0.15) is 15.9 Å². The van der Waals surface area contributed by atoms with Crippen LogP contribution in [0.5, 0.6) is 0 Å². The third-order valence-electron chi connectivity index (χ3n) is 4.34. The van der Waals surface area contributed by atoms with Crippen LogP contribution in [0, 0.1) is 0 Å². The molecule has 0 atom stereocenters. The first-order valence-electron chi connectivity index (χ1n) is 8.84. The second-order valence-electron chi connectivity index (χ2n) is 6.59. The van der Waals surface area contributed by atoms with E-state index in [0.29, 0.717) is 26.9 Å². The van der Waals surface area contributed by atoms with Gasteiger partial charge in [-0.15, -0.1) is 0 Å². The van der Waals surface area contributed by atoms with Crippen LogP contribution in [0.25, 0.3) is 0 Å². The third kappa shape index (κ3) is 5.64. The molecule has 0 radical (unpaired) electrons. The van der Waals surface area contributed by atoms with E-state index in [0.717, 1.165) is 10.6 Å². The first-order valence-corrected chi connectivity index (χ1v) is 12.2. The summed E-state index contributed by atoms with van der Waals surface area (Å²) in [5.74, 6) is -0.403. The molecule has 162 valence electrons. The molecule has 5 nitrogen and oxygen atoms in total. The lowest BCUT2D eigenvalue weighted by molar-refractivity contribution is 0.102. The van der Waals surface area contributed by atoms with E-state index in [2.05, 4.69) is 5.32 Å². The van der Waals surface area contributed by atoms with Crippen LogP contribution < -0.4 is 9.62 Å². The predicted octanol–water partition coefficient (Wildman–Crippen LogP) is 6.52. The average molecular weight is 518 g/mol. The maximum Gasteiger partial charge on any atom is 0.255 e. The summed E-state index contributed by atoms with van der Waals surface area (Å²) in [6.45, 7) is 0.0110. The molecule has 0 aliphatic rings. The van der Waals surface area contributed by atoms with E-state index >= 15 is 0 Å². The lowest BCUT2D eigenvalue weighted by Gasteiger charge is -2.24. The van der Waals surface area contributed by atoms with E-state index in [1.54, 1.807) is 60.7 Å². The van der Waals surface area contributed by atoms with Crippen molar-refractivity contribution in [1.82, 2.24) is 0 Å². The van der Waals surface area contributed by atoms with Gasteiger partial charge in [0.05, 0.1) is 44.3 Å². The van der Waals surface area contributed by atoms with Crippen molar-refractivity contribution in [3.05, 3.63) is 91.9 Å². The molecule has 0 spiro atoms. The summed E-state index contributed by atoms with van der Waals surface area (Å²) in [5.41, 5.74) is 1.59. The number of halogens is 4. The summed E-state index contributed by atoms with van der Waals surface area (Å²) in [7, 11) is -3.65. The molecular formula is C21H16Cl4N2O3S. The van der Waals surface area contributed by atoms with Gasteiger partial charge in [-0.1, -0.05) is 70.7 Å². The lowest BCUT2D eigenvalue weighted by Crippen LogP contribution is -2.29. The van der Waals surface area contributed by atoms with Gasteiger partial charge in [-0.05, 0) is 42.0 Å². The molecule has 0 aliphatic heterocycles. The van der Waals surface area contributed by atoms with Crippen LogP contribution >= 0.6 is 46.4 Å². The molecule has 10 heteroatoms. The largest absolute Gasteiger partial charge is 0.319 e. The summed E-state index contributed by atoms with van der Waals surface area (Å²) in [4.78, 5) is 12.5. The minimum Gasteiger partial charge on any atom is -0.319 e. The second kappa shape index (κ2) is 9.67. The number of hydrogen-bond acceptors (Lipinski definition) is 3. The normalized spacial score (nSPS) is 11.3. The molecule has 3 aromatic carbocycles. The van der Waals surface area contributed by atoms with Crippen molar-refractivity contribution in [3.8, 4) is 0 Å². The molecule has 0 saturated heterocycles. The molecule has 1 N–H and O–H groups in total. The molecule has 0 bridgehead atoms. The van der Waals surface area contributed by atoms with E-state index < -0.39 is 15.9 Å². The van der Waals surface area contributed by atoms with Gasteiger partial charge in [0, 0.05) is 5.56 Å². The van der Waals surface area contributed by atoms with Gasteiger partial charge in [0.15, 0.2) is 0 Å². The fraction of sp³-hybridized carbons (Fsp3) is 0.0952. The maximum atomic E-state index is 12.5. The summed E-state index contributed by atoms with van der Waals surface area (Å²) < 4.78 is 25.9. The minimum absolute atomic E-state index is 0.0110. The number of para-hydroxylation sites is 1. The van der Waals surface area contributed by atoms with Crippen molar-refractivity contribution < 1.29 is 13.2 Å². The van der Waals surface area contributed by atoms with Crippen molar-refractivity contribution in [2.45, 2.75) is 6.54 Å². The highest BCUT2D eigenvalue weighted by Gasteiger charge is 2.22. The highest BCUT2D eigenvalue weighted by atomic mass is 35.5. The zero-order chi connectivity index (χ0) is 22.8. The van der Waals surface area contributed by atoms with Gasteiger partial charge in [0.25, 0.3) is 5.91 Å². The highest BCUT2D eigenvalue weighted by molar-refractivity contribution is 7.92. The standard InChI is InChI=1S/C21H16Cl4N2O3S/c1-31(29,30)27(18-7-3-4-15(22)19(18)25)12-13-8-10-14(11-9-13)21(28)26-20-16(23)5-2-6-17(20)24/h2-11H,12H2,1H3,(H,26,28). The van der Waals surface area contributed by atoms with Gasteiger partial charge >= 0.3 is 0 Å². The average Bonchev–Trinajstić information content (AvgIpc) is 2.71. The third-order valence-corrected chi connectivity index (χ3v) is 6.91. The Bertz CT molecular complexity index is 1210. The van der Waals surface area contributed by atoms with Crippen molar-refractivity contribution in [2.75, 3.05) is 15.9 Å². The van der Waals surface area contributed by atoms with E-state index in [1.807, 2.05) is 0 Å². The molecule has 1 amide bonds. The number of rotatable bonds is 6. The van der Waals surface area contributed by atoms with E-state index in [9.17, 15) is 13.2 Å². The van der Waals surface area contributed by atoms with Gasteiger partial charge in [0.2, 0.25) is 10.0 Å². The summed E-state index contributed by atoms with van der Waals surface area (Å²) in [6.07, 6.45) is 1.08. The van der Waals surface area contributed by atoms with Gasteiger partial charge in [-0.2, -0.15) is 0 Å². The Morgan fingerprint density at radius 1 is 0.871 bits per heavy atom. The zero-order valence-electron chi connectivity index (χ0n) is 16.1. The zero-order valence-corrected chi connectivity index (χ0v) is 19.9. The number of anilines is 2. The van der Waals surface area contributed by atoms with Crippen LogP contribution in [-0.4, -0.2) is 20.6 Å². The van der Waals surface area contributed by atoms with E-state index in [1.165, 1.54) is 0 Å². The van der Waals surface area contributed by atoms with Gasteiger partial charge in [-0.3, -0.25) is 9.10 Å². The van der Waals surface area contributed by atoms with Crippen molar-refractivity contribution in [2.24, 2.45) is 0 Å². The minimum atomic E-state index is -3.65.